The zero-order valence-electron chi connectivity index (χ0n) is 17.0. The number of aromatic nitrogens is 2. The van der Waals surface area contributed by atoms with E-state index in [4.69, 9.17) is 16.6 Å². The molecule has 2 aromatic rings. The highest BCUT2D eigenvalue weighted by Crippen LogP contribution is 2.27. The molecule has 3 heterocycles. The lowest BCUT2D eigenvalue weighted by atomic mass is 10.0. The van der Waals surface area contributed by atoms with Gasteiger partial charge in [0.15, 0.2) is 5.96 Å². The molecule has 1 atom stereocenters. The minimum Gasteiger partial charge on any atom is -0.356 e. The number of fused-ring (bicyclic) bond motifs is 1. The van der Waals surface area contributed by atoms with Gasteiger partial charge in [-0.05, 0) is 50.7 Å². The van der Waals surface area contributed by atoms with Crippen LogP contribution in [-0.4, -0.2) is 48.7 Å². The van der Waals surface area contributed by atoms with Crippen LogP contribution in [0.3, 0.4) is 0 Å². The van der Waals surface area contributed by atoms with Crippen LogP contribution in [0.25, 0.3) is 0 Å². The minimum atomic E-state index is 0.338. The van der Waals surface area contributed by atoms with E-state index >= 15 is 0 Å². The number of aryl methyl sites for hydroxylation is 3. The van der Waals surface area contributed by atoms with Gasteiger partial charge >= 0.3 is 0 Å². The molecule has 2 aromatic heterocycles. The van der Waals surface area contributed by atoms with Crippen LogP contribution in [0.1, 0.15) is 41.3 Å². The van der Waals surface area contributed by atoms with E-state index in [2.05, 4.69) is 25.5 Å². The highest BCUT2D eigenvalue weighted by atomic mass is 35.5. The number of rotatable bonds is 6. The summed E-state index contributed by atoms with van der Waals surface area (Å²) in [5.41, 5.74) is 1.36. The fourth-order valence-electron chi connectivity index (χ4n) is 4.03. The Kier molecular flexibility index (Phi) is 6.87. The average Bonchev–Trinajstić information content (AvgIpc) is 3.37. The van der Waals surface area contributed by atoms with Gasteiger partial charge in [-0.25, -0.2) is 9.97 Å². The predicted octanol–water partition coefficient (Wildman–Crippen LogP) is 3.45. The molecule has 2 aliphatic rings. The number of hydrogen-bond donors (Lipinski definition) is 2. The Morgan fingerprint density at radius 2 is 2.28 bits per heavy atom. The number of anilines is 1. The molecule has 0 bridgehead atoms. The van der Waals surface area contributed by atoms with Crippen LogP contribution in [0.2, 0.25) is 5.02 Å². The van der Waals surface area contributed by atoms with Crippen molar-refractivity contribution in [3.8, 4) is 0 Å². The van der Waals surface area contributed by atoms with Gasteiger partial charge in [-0.3, -0.25) is 4.99 Å². The van der Waals surface area contributed by atoms with Crippen molar-refractivity contribution in [3.63, 3.8) is 0 Å². The molecule has 8 heteroatoms. The van der Waals surface area contributed by atoms with Crippen LogP contribution in [0.4, 0.5) is 5.82 Å². The predicted molar refractivity (Wildman–Crippen MR) is 121 cm³/mol. The molecule has 1 unspecified atom stereocenters. The van der Waals surface area contributed by atoms with Crippen LogP contribution >= 0.6 is 22.9 Å². The second-order valence-corrected chi connectivity index (χ2v) is 9.25. The molecule has 0 aromatic carbocycles. The minimum absolute atomic E-state index is 0.338. The number of nitrogens with zero attached hydrogens (tertiary/aromatic N) is 4. The van der Waals surface area contributed by atoms with E-state index in [-0.39, 0.29) is 0 Å². The third-order valence-corrected chi connectivity index (χ3v) is 7.05. The quantitative estimate of drug-likeness (QED) is 0.416. The maximum atomic E-state index is 6.29. The molecule has 0 amide bonds. The number of thiazole rings is 1. The van der Waals surface area contributed by atoms with Crippen LogP contribution in [0.15, 0.2) is 23.3 Å². The molecule has 6 nitrogen and oxygen atoms in total. The smallest absolute Gasteiger partial charge is 0.191 e. The number of halogens is 1. The topological polar surface area (TPSA) is 65.4 Å². The third kappa shape index (κ3) is 5.20. The summed E-state index contributed by atoms with van der Waals surface area (Å²) in [4.78, 5) is 17.4. The van der Waals surface area contributed by atoms with Crippen molar-refractivity contribution in [2.45, 2.75) is 51.0 Å². The summed E-state index contributed by atoms with van der Waals surface area (Å²) in [5.74, 6) is 1.73. The largest absolute Gasteiger partial charge is 0.356 e. The molecule has 1 fully saturated rings. The summed E-state index contributed by atoms with van der Waals surface area (Å²) in [6, 6.07) is 4.10. The lowest BCUT2D eigenvalue weighted by Gasteiger charge is -2.20. The molecule has 1 aliphatic heterocycles. The van der Waals surface area contributed by atoms with Crippen molar-refractivity contribution in [1.29, 1.82) is 0 Å². The zero-order valence-corrected chi connectivity index (χ0v) is 18.5. The first kappa shape index (κ1) is 20.4. The van der Waals surface area contributed by atoms with E-state index in [0.717, 1.165) is 50.7 Å². The van der Waals surface area contributed by atoms with Gasteiger partial charge in [0.05, 0.1) is 15.7 Å². The zero-order chi connectivity index (χ0) is 20.1. The SMILES string of the molecule is CN=C(NCCCc1nc2c(s1)CCCC2)NC1CCN(c2ncccc2Cl)C1. The van der Waals surface area contributed by atoms with Crippen LogP contribution in [-0.2, 0) is 19.3 Å². The van der Waals surface area contributed by atoms with Gasteiger partial charge in [0.1, 0.15) is 5.82 Å². The third-order valence-electron chi connectivity index (χ3n) is 5.54. The Morgan fingerprint density at radius 3 is 3.10 bits per heavy atom. The number of pyridine rings is 1. The van der Waals surface area contributed by atoms with Gasteiger partial charge in [-0.1, -0.05) is 11.6 Å². The van der Waals surface area contributed by atoms with Gasteiger partial charge in [0.2, 0.25) is 0 Å². The second kappa shape index (κ2) is 9.76. The molecule has 4 rings (SSSR count). The molecule has 2 N–H and O–H groups in total. The summed E-state index contributed by atoms with van der Waals surface area (Å²) < 4.78 is 0. The fourth-order valence-corrected chi connectivity index (χ4v) is 5.47. The van der Waals surface area contributed by atoms with E-state index in [1.807, 2.05) is 30.5 Å². The van der Waals surface area contributed by atoms with Crippen molar-refractivity contribution in [2.75, 3.05) is 31.6 Å². The van der Waals surface area contributed by atoms with E-state index in [1.165, 1.54) is 41.3 Å². The Labute approximate surface area is 181 Å². The Bertz CT molecular complexity index is 828. The normalized spacial score (nSPS) is 19.3. The van der Waals surface area contributed by atoms with Crippen molar-refractivity contribution in [2.24, 2.45) is 4.99 Å². The van der Waals surface area contributed by atoms with Gasteiger partial charge in [-0.2, -0.15) is 0 Å². The molecule has 29 heavy (non-hydrogen) atoms. The molecule has 1 aliphatic carbocycles. The highest BCUT2D eigenvalue weighted by Gasteiger charge is 2.25. The van der Waals surface area contributed by atoms with Gasteiger partial charge in [0, 0.05) is 50.2 Å². The van der Waals surface area contributed by atoms with Crippen molar-refractivity contribution >= 4 is 34.7 Å². The Morgan fingerprint density at radius 1 is 1.38 bits per heavy atom. The fraction of sp³-hybridized carbons (Fsp3) is 0.571. The van der Waals surface area contributed by atoms with Crippen molar-refractivity contribution in [1.82, 2.24) is 20.6 Å². The number of hydrogen-bond acceptors (Lipinski definition) is 5. The molecular weight excluding hydrogens is 404 g/mol. The average molecular weight is 433 g/mol. The maximum Gasteiger partial charge on any atom is 0.191 e. The Hall–Kier alpha value is -1.86. The summed E-state index contributed by atoms with van der Waals surface area (Å²) in [6.07, 6.45) is 9.95. The molecule has 156 valence electrons. The van der Waals surface area contributed by atoms with Gasteiger partial charge in [0.25, 0.3) is 0 Å². The number of guanidine groups is 1. The molecule has 0 saturated carbocycles. The first-order chi connectivity index (χ1) is 14.2. The first-order valence-electron chi connectivity index (χ1n) is 10.5. The molecule has 0 radical (unpaired) electrons. The van der Waals surface area contributed by atoms with Crippen LogP contribution < -0.4 is 15.5 Å². The second-order valence-electron chi connectivity index (χ2n) is 7.67. The molecule has 0 spiro atoms. The lowest BCUT2D eigenvalue weighted by Crippen LogP contribution is -2.45. The summed E-state index contributed by atoms with van der Waals surface area (Å²) in [6.45, 7) is 2.72. The van der Waals surface area contributed by atoms with Crippen LogP contribution in [0, 0.1) is 0 Å². The molecule has 1 saturated heterocycles. The van der Waals surface area contributed by atoms with Crippen molar-refractivity contribution < 1.29 is 0 Å². The summed E-state index contributed by atoms with van der Waals surface area (Å²) in [5, 5.41) is 8.99. The summed E-state index contributed by atoms with van der Waals surface area (Å²) in [7, 11) is 1.83. The molecular formula is C21H29ClN6S. The van der Waals surface area contributed by atoms with E-state index in [1.54, 1.807) is 6.20 Å². The maximum absolute atomic E-state index is 6.29. The van der Waals surface area contributed by atoms with Crippen LogP contribution in [0.5, 0.6) is 0 Å². The lowest BCUT2D eigenvalue weighted by molar-refractivity contribution is 0.642. The first-order valence-corrected chi connectivity index (χ1v) is 11.7. The number of nitrogens with one attached hydrogen (secondary N) is 2. The summed E-state index contributed by atoms with van der Waals surface area (Å²) >= 11 is 8.21. The van der Waals surface area contributed by atoms with Gasteiger partial charge in [-0.15, -0.1) is 11.3 Å². The van der Waals surface area contributed by atoms with Crippen molar-refractivity contribution in [3.05, 3.63) is 38.9 Å². The van der Waals surface area contributed by atoms with E-state index in [0.29, 0.717) is 11.1 Å². The standard InChI is InChI=1S/C21H29ClN6S/c1-23-21(25-12-5-9-19-27-17-7-2-3-8-18(17)29-19)26-15-10-13-28(14-15)20-16(22)6-4-11-24-20/h4,6,11,15H,2-3,5,7-10,12-14H2,1H3,(H2,23,25,26). The van der Waals surface area contributed by atoms with Gasteiger partial charge < -0.3 is 15.5 Å². The van der Waals surface area contributed by atoms with E-state index < -0.39 is 0 Å². The Balaban J connectivity index is 1.20. The number of aliphatic imine (C=N–C) groups is 1. The monoisotopic (exact) mass is 432 g/mol. The van der Waals surface area contributed by atoms with E-state index in [9.17, 15) is 0 Å². The highest BCUT2D eigenvalue weighted by molar-refractivity contribution is 7.11.